The molecule has 0 radical (unpaired) electrons. The van der Waals surface area contributed by atoms with Crippen LogP contribution in [0.2, 0.25) is 0 Å². The highest BCUT2D eigenvalue weighted by Crippen LogP contribution is 2.37. The molecule has 14 heavy (non-hydrogen) atoms. The molecule has 0 N–H and O–H groups in total. The summed E-state index contributed by atoms with van der Waals surface area (Å²) in [5.41, 5.74) is 2.65. The second-order valence-electron chi connectivity index (χ2n) is 3.72. The van der Waals surface area contributed by atoms with Gasteiger partial charge in [0.2, 0.25) is 0 Å². The molecule has 0 amide bonds. The largest absolute Gasteiger partial charge is 0.494 e. The predicted molar refractivity (Wildman–Crippen MR) is 59.1 cm³/mol. The lowest BCUT2D eigenvalue weighted by molar-refractivity contribution is 0.317. The van der Waals surface area contributed by atoms with Crippen LogP contribution in [0.3, 0.4) is 0 Å². The summed E-state index contributed by atoms with van der Waals surface area (Å²) in [5, 5.41) is 0.190. The summed E-state index contributed by atoms with van der Waals surface area (Å²) in [6.45, 7) is 2.89. The number of fused-ring (bicyclic) bond motifs is 1. The molecular weight excluding hydrogens is 196 g/mol. The molecule has 0 fully saturated rings. The summed E-state index contributed by atoms with van der Waals surface area (Å²) >= 11 is 6.19. The number of hydrogen-bond donors (Lipinski definition) is 0. The van der Waals surface area contributed by atoms with Crippen molar-refractivity contribution in [2.45, 2.75) is 31.6 Å². The Kier molecular flexibility index (Phi) is 2.97. The lowest BCUT2D eigenvalue weighted by atomic mass is 10.1. The fourth-order valence-electron chi connectivity index (χ4n) is 1.84. The molecule has 2 rings (SSSR count). The first kappa shape index (κ1) is 9.85. The van der Waals surface area contributed by atoms with Gasteiger partial charge in [-0.25, -0.2) is 0 Å². The fraction of sp³-hybridized carbons (Fsp3) is 0.500. The van der Waals surface area contributed by atoms with Crippen LogP contribution in [0.15, 0.2) is 18.2 Å². The maximum atomic E-state index is 6.19. The van der Waals surface area contributed by atoms with Crippen molar-refractivity contribution in [3.8, 4) is 5.75 Å². The minimum atomic E-state index is 0.190. The van der Waals surface area contributed by atoms with Crippen molar-refractivity contribution in [1.82, 2.24) is 0 Å². The Balaban J connectivity index is 2.17. The summed E-state index contributed by atoms with van der Waals surface area (Å²) in [4.78, 5) is 0. The first-order valence-electron chi connectivity index (χ1n) is 5.21. The minimum Gasteiger partial charge on any atom is -0.494 e. The summed E-state index contributed by atoms with van der Waals surface area (Å²) < 4.78 is 5.57. The Hall–Kier alpha value is -0.690. The van der Waals surface area contributed by atoms with E-state index in [2.05, 4.69) is 19.1 Å². The average Bonchev–Trinajstić information content (AvgIpc) is 2.57. The molecule has 0 spiro atoms. The highest BCUT2D eigenvalue weighted by atomic mass is 35.5. The van der Waals surface area contributed by atoms with Gasteiger partial charge in [0.15, 0.2) is 0 Å². The number of hydrogen-bond acceptors (Lipinski definition) is 1. The van der Waals surface area contributed by atoms with E-state index in [1.807, 2.05) is 6.07 Å². The summed E-state index contributed by atoms with van der Waals surface area (Å²) in [7, 11) is 0. The number of rotatable bonds is 3. The average molecular weight is 211 g/mol. The van der Waals surface area contributed by atoms with Crippen LogP contribution in [-0.2, 0) is 6.42 Å². The Morgan fingerprint density at radius 3 is 3.14 bits per heavy atom. The van der Waals surface area contributed by atoms with Crippen LogP contribution in [0, 0.1) is 0 Å². The van der Waals surface area contributed by atoms with Gasteiger partial charge in [-0.05, 0) is 42.5 Å². The molecule has 76 valence electrons. The molecule has 0 heterocycles. The van der Waals surface area contributed by atoms with Crippen LogP contribution < -0.4 is 4.74 Å². The standard InChI is InChI=1S/C12H15ClO/c1-2-7-14-10-5-3-9-4-6-12(13)11(9)8-10/h3,5,8,12H,2,4,6-7H2,1H3. The number of halogens is 1. The summed E-state index contributed by atoms with van der Waals surface area (Å²) in [5.74, 6) is 0.957. The molecule has 2 heteroatoms. The normalized spacial score (nSPS) is 19.4. The van der Waals surface area contributed by atoms with E-state index in [-0.39, 0.29) is 5.38 Å². The van der Waals surface area contributed by atoms with Crippen LogP contribution in [0.4, 0.5) is 0 Å². The van der Waals surface area contributed by atoms with Gasteiger partial charge >= 0.3 is 0 Å². The van der Waals surface area contributed by atoms with E-state index >= 15 is 0 Å². The number of aryl methyl sites for hydroxylation is 1. The third-order valence-electron chi connectivity index (χ3n) is 2.59. The van der Waals surface area contributed by atoms with Gasteiger partial charge < -0.3 is 4.74 Å². The summed E-state index contributed by atoms with van der Waals surface area (Å²) in [6, 6.07) is 6.28. The Morgan fingerprint density at radius 2 is 2.36 bits per heavy atom. The topological polar surface area (TPSA) is 9.23 Å². The van der Waals surface area contributed by atoms with E-state index in [0.717, 1.165) is 31.6 Å². The lowest BCUT2D eigenvalue weighted by Gasteiger charge is -2.08. The van der Waals surface area contributed by atoms with Gasteiger partial charge in [0.1, 0.15) is 5.75 Å². The van der Waals surface area contributed by atoms with Gasteiger partial charge in [-0.15, -0.1) is 11.6 Å². The molecular formula is C12H15ClO. The van der Waals surface area contributed by atoms with Crippen molar-refractivity contribution in [1.29, 1.82) is 0 Å². The van der Waals surface area contributed by atoms with Gasteiger partial charge in [-0.2, -0.15) is 0 Å². The molecule has 1 aliphatic rings. The first-order chi connectivity index (χ1) is 6.81. The van der Waals surface area contributed by atoms with Crippen LogP contribution >= 0.6 is 11.6 Å². The molecule has 1 aromatic carbocycles. The number of benzene rings is 1. The van der Waals surface area contributed by atoms with Gasteiger partial charge in [-0.1, -0.05) is 13.0 Å². The van der Waals surface area contributed by atoms with Crippen molar-refractivity contribution < 1.29 is 4.74 Å². The van der Waals surface area contributed by atoms with Crippen LogP contribution in [0.5, 0.6) is 5.75 Å². The zero-order valence-electron chi connectivity index (χ0n) is 8.42. The zero-order chi connectivity index (χ0) is 9.97. The van der Waals surface area contributed by atoms with E-state index in [1.54, 1.807) is 0 Å². The lowest BCUT2D eigenvalue weighted by Crippen LogP contribution is -1.96. The quantitative estimate of drug-likeness (QED) is 0.692. The monoisotopic (exact) mass is 210 g/mol. The van der Waals surface area contributed by atoms with Gasteiger partial charge in [-0.3, -0.25) is 0 Å². The number of alkyl halides is 1. The van der Waals surface area contributed by atoms with Gasteiger partial charge in [0, 0.05) is 0 Å². The Labute approximate surface area is 90.0 Å². The second kappa shape index (κ2) is 4.22. The van der Waals surface area contributed by atoms with Crippen molar-refractivity contribution in [2.75, 3.05) is 6.61 Å². The maximum absolute atomic E-state index is 6.19. The fourth-order valence-corrected chi connectivity index (χ4v) is 2.15. The van der Waals surface area contributed by atoms with Crippen LogP contribution in [-0.4, -0.2) is 6.61 Å². The van der Waals surface area contributed by atoms with E-state index in [0.29, 0.717) is 0 Å². The molecule has 1 aromatic rings. The molecule has 0 saturated heterocycles. The highest BCUT2D eigenvalue weighted by molar-refractivity contribution is 6.21. The molecule has 0 saturated carbocycles. The zero-order valence-corrected chi connectivity index (χ0v) is 9.18. The maximum Gasteiger partial charge on any atom is 0.119 e. The minimum absolute atomic E-state index is 0.190. The Bertz CT molecular complexity index is 322. The van der Waals surface area contributed by atoms with Crippen LogP contribution in [0.25, 0.3) is 0 Å². The van der Waals surface area contributed by atoms with Crippen LogP contribution in [0.1, 0.15) is 36.3 Å². The van der Waals surface area contributed by atoms with Crippen molar-refractivity contribution in [3.63, 3.8) is 0 Å². The first-order valence-corrected chi connectivity index (χ1v) is 5.64. The third kappa shape index (κ3) is 1.88. The molecule has 1 aliphatic carbocycles. The highest BCUT2D eigenvalue weighted by Gasteiger charge is 2.20. The smallest absolute Gasteiger partial charge is 0.119 e. The SMILES string of the molecule is CCCOc1ccc2c(c1)C(Cl)CC2. The van der Waals surface area contributed by atoms with Gasteiger partial charge in [0.05, 0.1) is 12.0 Å². The molecule has 0 aromatic heterocycles. The van der Waals surface area contributed by atoms with Crippen molar-refractivity contribution in [2.24, 2.45) is 0 Å². The van der Waals surface area contributed by atoms with Crippen molar-refractivity contribution in [3.05, 3.63) is 29.3 Å². The molecule has 1 unspecified atom stereocenters. The third-order valence-corrected chi connectivity index (χ3v) is 3.05. The predicted octanol–water partition coefficient (Wildman–Crippen LogP) is 3.70. The van der Waals surface area contributed by atoms with E-state index < -0.39 is 0 Å². The summed E-state index contributed by atoms with van der Waals surface area (Å²) in [6.07, 6.45) is 3.22. The van der Waals surface area contributed by atoms with E-state index in [1.165, 1.54) is 11.1 Å². The molecule has 1 atom stereocenters. The van der Waals surface area contributed by atoms with E-state index in [4.69, 9.17) is 16.3 Å². The molecule has 0 bridgehead atoms. The van der Waals surface area contributed by atoms with E-state index in [9.17, 15) is 0 Å². The van der Waals surface area contributed by atoms with Gasteiger partial charge in [0.25, 0.3) is 0 Å². The molecule has 0 aliphatic heterocycles. The number of ether oxygens (including phenoxy) is 1. The molecule has 1 nitrogen and oxygen atoms in total. The Morgan fingerprint density at radius 1 is 1.50 bits per heavy atom. The van der Waals surface area contributed by atoms with Crippen molar-refractivity contribution >= 4 is 11.6 Å². The second-order valence-corrected chi connectivity index (χ2v) is 4.24.